The summed E-state index contributed by atoms with van der Waals surface area (Å²) < 4.78 is 0. The van der Waals surface area contributed by atoms with E-state index in [0.29, 0.717) is 0 Å². The molecule has 2 aromatic rings. The third-order valence-corrected chi connectivity index (χ3v) is 4.48. The Morgan fingerprint density at radius 2 is 1.68 bits per heavy atom. The molecule has 96 valence electrons. The van der Waals surface area contributed by atoms with E-state index in [1.807, 2.05) is 54.6 Å². The van der Waals surface area contributed by atoms with E-state index in [0.717, 1.165) is 16.1 Å². The van der Waals surface area contributed by atoms with Crippen molar-refractivity contribution in [1.29, 1.82) is 0 Å². The fourth-order valence-corrected chi connectivity index (χ4v) is 3.33. The monoisotopic (exact) mass is 271 g/mol. The SMILES string of the molecule is O=C1Nc2ccccc2S[C@@H](c2ccccc2)[C@@H]1O. The van der Waals surface area contributed by atoms with Crippen LogP contribution in [-0.2, 0) is 4.79 Å². The number of nitrogens with one attached hydrogen (secondary N) is 1. The van der Waals surface area contributed by atoms with Crippen molar-refractivity contribution in [2.24, 2.45) is 0 Å². The van der Waals surface area contributed by atoms with Crippen LogP contribution < -0.4 is 5.32 Å². The first-order valence-corrected chi connectivity index (χ1v) is 6.93. The van der Waals surface area contributed by atoms with Gasteiger partial charge in [-0.25, -0.2) is 0 Å². The third-order valence-electron chi connectivity index (χ3n) is 3.08. The highest BCUT2D eigenvalue weighted by molar-refractivity contribution is 7.99. The summed E-state index contributed by atoms with van der Waals surface area (Å²) in [7, 11) is 0. The van der Waals surface area contributed by atoms with Gasteiger partial charge in [0, 0.05) is 4.90 Å². The minimum absolute atomic E-state index is 0.287. The fraction of sp³-hybridized carbons (Fsp3) is 0.133. The van der Waals surface area contributed by atoms with Crippen LogP contribution in [0.15, 0.2) is 59.5 Å². The molecule has 0 aliphatic carbocycles. The highest BCUT2D eigenvalue weighted by Gasteiger charge is 2.32. The summed E-state index contributed by atoms with van der Waals surface area (Å²) in [5.74, 6) is -0.355. The number of aliphatic hydroxyl groups excluding tert-OH is 1. The standard InChI is InChI=1S/C15H13NO2S/c17-13-14(10-6-2-1-3-7-10)19-12-9-5-4-8-11(12)16-15(13)18/h1-9,13-14,17H,(H,16,18)/t13-,14-/m0/s1. The minimum Gasteiger partial charge on any atom is -0.382 e. The Bertz CT molecular complexity index is 600. The highest BCUT2D eigenvalue weighted by Crippen LogP contribution is 2.43. The van der Waals surface area contributed by atoms with Crippen molar-refractivity contribution in [2.45, 2.75) is 16.2 Å². The lowest BCUT2D eigenvalue weighted by atomic mass is 10.1. The number of para-hydroxylation sites is 1. The number of rotatable bonds is 1. The number of benzene rings is 2. The average Bonchev–Trinajstić information content (AvgIpc) is 2.58. The molecular formula is C15H13NO2S. The van der Waals surface area contributed by atoms with E-state index in [-0.39, 0.29) is 11.2 Å². The summed E-state index contributed by atoms with van der Waals surface area (Å²) in [6, 6.07) is 17.2. The third kappa shape index (κ3) is 2.37. The summed E-state index contributed by atoms with van der Waals surface area (Å²) >= 11 is 1.51. The van der Waals surface area contributed by atoms with Gasteiger partial charge in [-0.1, -0.05) is 42.5 Å². The van der Waals surface area contributed by atoms with E-state index in [4.69, 9.17) is 0 Å². The molecule has 3 rings (SSSR count). The van der Waals surface area contributed by atoms with Gasteiger partial charge >= 0.3 is 0 Å². The summed E-state index contributed by atoms with van der Waals surface area (Å²) in [6.45, 7) is 0. The molecule has 0 radical (unpaired) electrons. The molecule has 2 aromatic carbocycles. The summed E-state index contributed by atoms with van der Waals surface area (Å²) in [5.41, 5.74) is 1.71. The molecule has 4 heteroatoms. The molecule has 19 heavy (non-hydrogen) atoms. The second-order valence-electron chi connectivity index (χ2n) is 4.38. The molecule has 2 atom stereocenters. The molecule has 0 unspecified atom stereocenters. The molecule has 0 saturated carbocycles. The number of carbonyl (C=O) groups excluding carboxylic acids is 1. The van der Waals surface area contributed by atoms with E-state index in [9.17, 15) is 9.90 Å². The number of carbonyl (C=O) groups is 1. The predicted molar refractivity (Wildman–Crippen MR) is 76.1 cm³/mol. The Balaban J connectivity index is 2.03. The van der Waals surface area contributed by atoms with Gasteiger partial charge in [0.25, 0.3) is 5.91 Å². The van der Waals surface area contributed by atoms with Gasteiger partial charge in [-0.05, 0) is 17.7 Å². The first kappa shape index (κ1) is 12.3. The normalized spacial score (nSPS) is 22.3. The quantitative estimate of drug-likeness (QED) is 0.838. The summed E-state index contributed by atoms with van der Waals surface area (Å²) in [6.07, 6.45) is -1.06. The Hall–Kier alpha value is -1.78. The van der Waals surface area contributed by atoms with Crippen LogP contribution in [0.5, 0.6) is 0 Å². The van der Waals surface area contributed by atoms with Crippen molar-refractivity contribution in [3.05, 3.63) is 60.2 Å². The van der Waals surface area contributed by atoms with Gasteiger partial charge in [0.15, 0.2) is 0 Å². The van der Waals surface area contributed by atoms with Crippen LogP contribution in [0.4, 0.5) is 5.69 Å². The lowest BCUT2D eigenvalue weighted by Gasteiger charge is -2.18. The molecule has 0 aromatic heterocycles. The number of fused-ring (bicyclic) bond motifs is 1. The number of amides is 1. The zero-order chi connectivity index (χ0) is 13.2. The van der Waals surface area contributed by atoms with Gasteiger partial charge in [-0.3, -0.25) is 4.79 Å². The zero-order valence-corrected chi connectivity index (χ0v) is 10.9. The highest BCUT2D eigenvalue weighted by atomic mass is 32.2. The first-order valence-electron chi connectivity index (χ1n) is 6.05. The smallest absolute Gasteiger partial charge is 0.254 e. The van der Waals surface area contributed by atoms with E-state index in [2.05, 4.69) is 5.32 Å². The zero-order valence-electron chi connectivity index (χ0n) is 10.1. The molecule has 0 saturated heterocycles. The molecule has 0 spiro atoms. The lowest BCUT2D eigenvalue weighted by molar-refractivity contribution is -0.124. The van der Waals surface area contributed by atoms with Crippen LogP contribution in [0, 0.1) is 0 Å². The number of aliphatic hydroxyl groups is 1. The molecule has 0 fully saturated rings. The van der Waals surface area contributed by atoms with Gasteiger partial charge in [0.2, 0.25) is 0 Å². The van der Waals surface area contributed by atoms with Gasteiger partial charge in [0.1, 0.15) is 6.10 Å². The van der Waals surface area contributed by atoms with Crippen LogP contribution in [0.25, 0.3) is 0 Å². The molecule has 1 amide bonds. The molecule has 1 aliphatic rings. The maximum Gasteiger partial charge on any atom is 0.254 e. The molecule has 3 nitrogen and oxygen atoms in total. The lowest BCUT2D eigenvalue weighted by Crippen LogP contribution is -2.30. The topological polar surface area (TPSA) is 49.3 Å². The van der Waals surface area contributed by atoms with Gasteiger partial charge in [0.05, 0.1) is 10.9 Å². The fourth-order valence-electron chi connectivity index (χ4n) is 2.11. The van der Waals surface area contributed by atoms with Crippen LogP contribution in [0.2, 0.25) is 0 Å². The van der Waals surface area contributed by atoms with Crippen LogP contribution in [0.3, 0.4) is 0 Å². The van der Waals surface area contributed by atoms with Crippen molar-refractivity contribution >= 4 is 23.4 Å². The molecule has 2 N–H and O–H groups in total. The Labute approximate surface area is 115 Å². The van der Waals surface area contributed by atoms with Crippen molar-refractivity contribution in [3.8, 4) is 0 Å². The Morgan fingerprint density at radius 3 is 2.47 bits per heavy atom. The summed E-state index contributed by atoms with van der Waals surface area (Å²) in [5, 5.41) is 12.7. The van der Waals surface area contributed by atoms with Gasteiger partial charge in [-0.15, -0.1) is 11.8 Å². The number of anilines is 1. The molecule has 1 aliphatic heterocycles. The maximum absolute atomic E-state index is 12.0. The summed E-state index contributed by atoms with van der Waals surface area (Å²) in [4.78, 5) is 13.0. The first-order chi connectivity index (χ1) is 9.25. The largest absolute Gasteiger partial charge is 0.382 e. The van der Waals surface area contributed by atoms with Gasteiger partial charge in [-0.2, -0.15) is 0 Å². The molecule has 1 heterocycles. The van der Waals surface area contributed by atoms with E-state index in [1.54, 1.807) is 0 Å². The molecule has 0 bridgehead atoms. The molecular weight excluding hydrogens is 258 g/mol. The predicted octanol–water partition coefficient (Wildman–Crippen LogP) is 2.83. The van der Waals surface area contributed by atoms with Crippen LogP contribution in [0.1, 0.15) is 10.8 Å². The Kier molecular flexibility index (Phi) is 3.27. The van der Waals surface area contributed by atoms with Crippen molar-refractivity contribution in [2.75, 3.05) is 5.32 Å². The van der Waals surface area contributed by atoms with Crippen molar-refractivity contribution in [3.63, 3.8) is 0 Å². The van der Waals surface area contributed by atoms with Crippen LogP contribution in [-0.4, -0.2) is 17.1 Å². The van der Waals surface area contributed by atoms with Gasteiger partial charge < -0.3 is 10.4 Å². The number of hydrogen-bond donors (Lipinski definition) is 2. The average molecular weight is 271 g/mol. The second kappa shape index (κ2) is 5.07. The minimum atomic E-state index is -1.06. The van der Waals surface area contributed by atoms with E-state index < -0.39 is 6.10 Å². The number of thioether (sulfide) groups is 1. The van der Waals surface area contributed by atoms with E-state index >= 15 is 0 Å². The second-order valence-corrected chi connectivity index (χ2v) is 5.56. The van der Waals surface area contributed by atoms with Crippen molar-refractivity contribution < 1.29 is 9.90 Å². The van der Waals surface area contributed by atoms with Crippen LogP contribution >= 0.6 is 11.8 Å². The number of hydrogen-bond acceptors (Lipinski definition) is 3. The maximum atomic E-state index is 12.0. The van der Waals surface area contributed by atoms with E-state index in [1.165, 1.54) is 11.8 Å². The Morgan fingerprint density at radius 1 is 1.00 bits per heavy atom. The van der Waals surface area contributed by atoms with Crippen molar-refractivity contribution in [1.82, 2.24) is 0 Å².